The minimum atomic E-state index is -0.772. The number of fused-ring (bicyclic) bond motifs is 1. The number of aliphatic carboxylic acids is 1. The Morgan fingerprint density at radius 2 is 2.21 bits per heavy atom. The van der Waals surface area contributed by atoms with Crippen LogP contribution in [0.1, 0.15) is 12.8 Å². The Morgan fingerprint density at radius 1 is 1.37 bits per heavy atom. The molecule has 1 atom stereocenters. The maximum atomic E-state index is 11.2. The molecule has 4 nitrogen and oxygen atoms in total. The number of para-hydroxylation sites is 1. The highest BCUT2D eigenvalue weighted by molar-refractivity contribution is 9.10. The molecule has 98 valence electrons. The van der Waals surface area contributed by atoms with E-state index >= 15 is 0 Å². The first-order valence-corrected chi connectivity index (χ1v) is 7.01. The maximum absolute atomic E-state index is 11.2. The van der Waals surface area contributed by atoms with Crippen LogP contribution in [0, 0.1) is 0 Å². The van der Waals surface area contributed by atoms with Crippen molar-refractivity contribution in [1.29, 1.82) is 0 Å². The van der Waals surface area contributed by atoms with Crippen molar-refractivity contribution in [3.63, 3.8) is 0 Å². The summed E-state index contributed by atoms with van der Waals surface area (Å²) in [5, 5.41) is 10.3. The number of anilines is 1. The molecule has 0 radical (unpaired) electrons. The molecule has 0 unspecified atom stereocenters. The lowest BCUT2D eigenvalue weighted by Crippen LogP contribution is -2.36. The van der Waals surface area contributed by atoms with Crippen LogP contribution in [0.25, 0.3) is 10.9 Å². The van der Waals surface area contributed by atoms with Crippen molar-refractivity contribution in [2.75, 3.05) is 11.4 Å². The predicted molar refractivity (Wildman–Crippen MR) is 77.4 cm³/mol. The van der Waals surface area contributed by atoms with E-state index in [2.05, 4.69) is 20.9 Å². The van der Waals surface area contributed by atoms with Gasteiger partial charge < -0.3 is 10.0 Å². The Labute approximate surface area is 119 Å². The number of halogens is 1. The monoisotopic (exact) mass is 320 g/mol. The van der Waals surface area contributed by atoms with Crippen molar-refractivity contribution in [3.8, 4) is 0 Å². The topological polar surface area (TPSA) is 53.4 Å². The van der Waals surface area contributed by atoms with Crippen molar-refractivity contribution in [2.24, 2.45) is 0 Å². The van der Waals surface area contributed by atoms with Crippen molar-refractivity contribution in [2.45, 2.75) is 18.9 Å². The number of carboxylic acids is 1. The molecule has 3 rings (SSSR count). The minimum Gasteiger partial charge on any atom is -0.480 e. The summed E-state index contributed by atoms with van der Waals surface area (Å²) in [6, 6.07) is 9.33. The zero-order valence-electron chi connectivity index (χ0n) is 10.2. The standard InChI is InChI=1S/C14H13BrN2O2/c15-10-4-1-3-9-6-7-12(16-13(9)10)17-8-2-5-11(17)14(18)19/h1,3-4,6-7,11H,2,5,8H2,(H,18,19)/t11-/m1/s1. The molecule has 1 aliphatic rings. The number of pyridine rings is 1. The van der Waals surface area contributed by atoms with Crippen LogP contribution >= 0.6 is 15.9 Å². The van der Waals surface area contributed by atoms with Gasteiger partial charge in [-0.3, -0.25) is 0 Å². The summed E-state index contributed by atoms with van der Waals surface area (Å²) >= 11 is 3.49. The second-order valence-corrected chi connectivity index (χ2v) is 5.53. The van der Waals surface area contributed by atoms with E-state index in [1.54, 1.807) is 0 Å². The van der Waals surface area contributed by atoms with Crippen LogP contribution in [0.5, 0.6) is 0 Å². The summed E-state index contributed by atoms with van der Waals surface area (Å²) in [6.07, 6.45) is 1.58. The summed E-state index contributed by atoms with van der Waals surface area (Å²) in [7, 11) is 0. The van der Waals surface area contributed by atoms with Gasteiger partial charge in [-0.25, -0.2) is 9.78 Å². The first kappa shape index (κ1) is 12.4. The van der Waals surface area contributed by atoms with Crippen LogP contribution in [0.2, 0.25) is 0 Å². The van der Waals surface area contributed by atoms with Gasteiger partial charge in [0, 0.05) is 16.4 Å². The van der Waals surface area contributed by atoms with E-state index in [1.165, 1.54) is 0 Å². The third-order valence-electron chi connectivity index (χ3n) is 3.49. The summed E-state index contributed by atoms with van der Waals surface area (Å²) in [5.41, 5.74) is 0.871. The highest BCUT2D eigenvalue weighted by Crippen LogP contribution is 2.28. The van der Waals surface area contributed by atoms with Gasteiger partial charge in [0.25, 0.3) is 0 Å². The van der Waals surface area contributed by atoms with Crippen molar-refractivity contribution in [3.05, 3.63) is 34.8 Å². The molecule has 0 amide bonds. The van der Waals surface area contributed by atoms with Gasteiger partial charge in [0.2, 0.25) is 0 Å². The molecule has 1 N–H and O–H groups in total. The molecule has 0 bridgehead atoms. The average molecular weight is 321 g/mol. The number of carbonyl (C=O) groups is 1. The van der Waals surface area contributed by atoms with Crippen LogP contribution in [-0.4, -0.2) is 28.6 Å². The minimum absolute atomic E-state index is 0.451. The molecular weight excluding hydrogens is 308 g/mol. The van der Waals surface area contributed by atoms with Crippen LogP contribution in [0.3, 0.4) is 0 Å². The SMILES string of the molecule is O=C(O)[C@H]1CCCN1c1ccc2cccc(Br)c2n1. The number of hydrogen-bond donors (Lipinski definition) is 1. The Kier molecular flexibility index (Phi) is 3.14. The van der Waals surface area contributed by atoms with Gasteiger partial charge in [-0.2, -0.15) is 0 Å². The highest BCUT2D eigenvalue weighted by atomic mass is 79.9. The molecule has 1 fully saturated rings. The molecule has 0 aliphatic carbocycles. The average Bonchev–Trinajstić information content (AvgIpc) is 2.88. The number of nitrogens with zero attached hydrogens (tertiary/aromatic N) is 2. The van der Waals surface area contributed by atoms with Gasteiger partial charge in [-0.05, 0) is 47.0 Å². The van der Waals surface area contributed by atoms with E-state index in [9.17, 15) is 9.90 Å². The van der Waals surface area contributed by atoms with E-state index in [4.69, 9.17) is 0 Å². The lowest BCUT2D eigenvalue weighted by atomic mass is 10.2. The Hall–Kier alpha value is -1.62. The number of hydrogen-bond acceptors (Lipinski definition) is 3. The van der Waals surface area contributed by atoms with E-state index in [-0.39, 0.29) is 0 Å². The van der Waals surface area contributed by atoms with Crippen molar-refractivity contribution >= 4 is 38.6 Å². The molecule has 2 aromatic rings. The van der Waals surface area contributed by atoms with Gasteiger partial charge in [0.05, 0.1) is 5.52 Å². The lowest BCUT2D eigenvalue weighted by molar-refractivity contribution is -0.138. The molecule has 1 aliphatic heterocycles. The molecule has 1 aromatic heterocycles. The fourth-order valence-corrected chi connectivity index (χ4v) is 3.03. The lowest BCUT2D eigenvalue weighted by Gasteiger charge is -2.22. The zero-order valence-corrected chi connectivity index (χ0v) is 11.8. The second-order valence-electron chi connectivity index (χ2n) is 4.67. The van der Waals surface area contributed by atoms with Crippen LogP contribution in [0.15, 0.2) is 34.8 Å². The predicted octanol–water partition coefficient (Wildman–Crippen LogP) is 3.05. The van der Waals surface area contributed by atoms with Gasteiger partial charge >= 0.3 is 5.97 Å². The van der Waals surface area contributed by atoms with Crippen molar-refractivity contribution in [1.82, 2.24) is 4.98 Å². The maximum Gasteiger partial charge on any atom is 0.326 e. The molecule has 5 heteroatoms. The van der Waals surface area contributed by atoms with Crippen LogP contribution in [0.4, 0.5) is 5.82 Å². The Morgan fingerprint density at radius 3 is 3.00 bits per heavy atom. The molecule has 0 saturated carbocycles. The third kappa shape index (κ3) is 2.18. The normalized spacial score (nSPS) is 19.0. The first-order chi connectivity index (χ1) is 9.16. The number of aromatic nitrogens is 1. The fourth-order valence-electron chi connectivity index (χ4n) is 2.56. The molecule has 1 aromatic carbocycles. The zero-order chi connectivity index (χ0) is 13.4. The number of carboxylic acid groups (broad SMARTS) is 1. The summed E-state index contributed by atoms with van der Waals surface area (Å²) < 4.78 is 0.929. The van der Waals surface area contributed by atoms with Crippen molar-refractivity contribution < 1.29 is 9.90 Å². The summed E-state index contributed by atoms with van der Waals surface area (Å²) in [4.78, 5) is 17.7. The van der Waals surface area contributed by atoms with Gasteiger partial charge in [0.15, 0.2) is 0 Å². The van der Waals surface area contributed by atoms with Gasteiger partial charge in [-0.15, -0.1) is 0 Å². The molecule has 19 heavy (non-hydrogen) atoms. The largest absolute Gasteiger partial charge is 0.480 e. The number of rotatable bonds is 2. The van der Waals surface area contributed by atoms with E-state index in [0.717, 1.165) is 34.2 Å². The van der Waals surface area contributed by atoms with E-state index in [1.807, 2.05) is 35.2 Å². The first-order valence-electron chi connectivity index (χ1n) is 6.21. The Bertz CT molecular complexity index is 644. The second kappa shape index (κ2) is 4.81. The quantitative estimate of drug-likeness (QED) is 0.924. The van der Waals surface area contributed by atoms with Crippen LogP contribution in [-0.2, 0) is 4.79 Å². The fraction of sp³-hybridized carbons (Fsp3) is 0.286. The molecule has 0 spiro atoms. The van der Waals surface area contributed by atoms with Crippen LogP contribution < -0.4 is 4.90 Å². The smallest absolute Gasteiger partial charge is 0.326 e. The third-order valence-corrected chi connectivity index (χ3v) is 4.13. The highest BCUT2D eigenvalue weighted by Gasteiger charge is 2.31. The Balaban J connectivity index is 2.06. The molecular formula is C14H13BrN2O2. The molecule has 2 heterocycles. The van der Waals surface area contributed by atoms with Gasteiger partial charge in [0.1, 0.15) is 11.9 Å². The van der Waals surface area contributed by atoms with Gasteiger partial charge in [-0.1, -0.05) is 12.1 Å². The van der Waals surface area contributed by atoms with E-state index < -0.39 is 12.0 Å². The van der Waals surface area contributed by atoms with E-state index in [0.29, 0.717) is 6.42 Å². The summed E-state index contributed by atoms with van der Waals surface area (Å²) in [6.45, 7) is 0.750. The number of benzene rings is 1. The molecule has 1 saturated heterocycles. The summed E-state index contributed by atoms with van der Waals surface area (Å²) in [5.74, 6) is -0.0316.